The SMILES string of the molecule is CN=C(NCCN1C(=O)Cc2ccccc21)NCc1nnc2ccccn12.I. The highest BCUT2D eigenvalue weighted by Gasteiger charge is 2.26. The molecule has 0 fully saturated rings. The Labute approximate surface area is 180 Å². The Bertz CT molecular complexity index is 1000. The number of nitrogens with zero attached hydrogens (tertiary/aromatic N) is 5. The van der Waals surface area contributed by atoms with Gasteiger partial charge < -0.3 is 15.5 Å². The normalized spacial score (nSPS) is 13.4. The van der Waals surface area contributed by atoms with Crippen LogP contribution in [0.1, 0.15) is 11.4 Å². The summed E-state index contributed by atoms with van der Waals surface area (Å²) in [5.74, 6) is 1.59. The molecular weight excluding hydrogens is 469 g/mol. The Morgan fingerprint density at radius 1 is 1.14 bits per heavy atom. The predicted molar refractivity (Wildman–Crippen MR) is 119 cm³/mol. The Morgan fingerprint density at radius 3 is 2.82 bits per heavy atom. The fourth-order valence-corrected chi connectivity index (χ4v) is 3.24. The molecular formula is C19H22IN7O. The summed E-state index contributed by atoms with van der Waals surface area (Å²) in [5.41, 5.74) is 2.90. The number of guanidine groups is 1. The van der Waals surface area contributed by atoms with Crippen molar-refractivity contribution in [2.24, 2.45) is 4.99 Å². The molecule has 28 heavy (non-hydrogen) atoms. The number of para-hydroxylation sites is 1. The van der Waals surface area contributed by atoms with Gasteiger partial charge in [0.25, 0.3) is 0 Å². The molecule has 9 heteroatoms. The first-order valence-corrected chi connectivity index (χ1v) is 8.87. The second-order valence-electron chi connectivity index (χ2n) is 6.25. The van der Waals surface area contributed by atoms with E-state index >= 15 is 0 Å². The number of aliphatic imine (C=N–C) groups is 1. The standard InChI is InChI=1S/C19H21N7O.HI/c1-20-19(22-13-17-24-23-16-8-4-5-10-26(16)17)21-9-11-25-15-7-3-2-6-14(15)12-18(25)27;/h2-8,10H,9,11-13H2,1H3,(H2,20,21,22);1H. The van der Waals surface area contributed by atoms with Crippen molar-refractivity contribution in [3.8, 4) is 0 Å². The number of carbonyl (C=O) groups excluding carboxylic acids is 1. The zero-order valence-electron chi connectivity index (χ0n) is 15.5. The molecule has 1 aliphatic rings. The van der Waals surface area contributed by atoms with Gasteiger partial charge in [-0.25, -0.2) is 0 Å². The number of benzene rings is 1. The molecule has 146 valence electrons. The number of fused-ring (bicyclic) bond motifs is 2. The van der Waals surface area contributed by atoms with E-state index < -0.39 is 0 Å². The number of hydrogen-bond acceptors (Lipinski definition) is 4. The quantitative estimate of drug-likeness (QED) is 0.322. The van der Waals surface area contributed by atoms with Crippen LogP contribution in [0.5, 0.6) is 0 Å². The van der Waals surface area contributed by atoms with Gasteiger partial charge >= 0.3 is 0 Å². The number of rotatable bonds is 5. The topological polar surface area (TPSA) is 86.9 Å². The number of hydrogen-bond donors (Lipinski definition) is 2. The highest BCUT2D eigenvalue weighted by molar-refractivity contribution is 14.0. The lowest BCUT2D eigenvalue weighted by Crippen LogP contribution is -2.42. The van der Waals surface area contributed by atoms with E-state index in [-0.39, 0.29) is 29.9 Å². The Kier molecular flexibility index (Phi) is 6.45. The van der Waals surface area contributed by atoms with E-state index in [0.717, 1.165) is 22.7 Å². The van der Waals surface area contributed by atoms with E-state index in [4.69, 9.17) is 0 Å². The van der Waals surface area contributed by atoms with Crippen LogP contribution in [0.25, 0.3) is 5.65 Å². The van der Waals surface area contributed by atoms with Gasteiger partial charge in [0.1, 0.15) is 0 Å². The summed E-state index contributed by atoms with van der Waals surface area (Å²) in [6, 6.07) is 13.7. The molecule has 8 nitrogen and oxygen atoms in total. The minimum absolute atomic E-state index is 0. The van der Waals surface area contributed by atoms with Crippen LogP contribution in [0.3, 0.4) is 0 Å². The maximum absolute atomic E-state index is 12.2. The summed E-state index contributed by atoms with van der Waals surface area (Å²) < 4.78 is 1.93. The molecule has 3 aromatic rings. The number of halogens is 1. The molecule has 1 aromatic carbocycles. The molecule has 0 spiro atoms. The lowest BCUT2D eigenvalue weighted by atomic mass is 10.2. The third-order valence-electron chi connectivity index (χ3n) is 4.57. The van der Waals surface area contributed by atoms with Crippen molar-refractivity contribution in [3.05, 3.63) is 60.0 Å². The van der Waals surface area contributed by atoms with Gasteiger partial charge in [-0.1, -0.05) is 24.3 Å². The molecule has 0 saturated carbocycles. The van der Waals surface area contributed by atoms with E-state index in [9.17, 15) is 4.79 Å². The van der Waals surface area contributed by atoms with Crippen LogP contribution in [0, 0.1) is 0 Å². The van der Waals surface area contributed by atoms with Crippen LogP contribution in [-0.2, 0) is 17.8 Å². The number of amides is 1. The average molecular weight is 491 g/mol. The first-order chi connectivity index (χ1) is 13.3. The molecule has 0 radical (unpaired) electrons. The zero-order chi connectivity index (χ0) is 18.6. The van der Waals surface area contributed by atoms with Crippen LogP contribution in [-0.4, -0.2) is 46.6 Å². The van der Waals surface area contributed by atoms with Gasteiger partial charge in [0, 0.05) is 32.0 Å². The van der Waals surface area contributed by atoms with Gasteiger partial charge in [0.05, 0.1) is 13.0 Å². The summed E-state index contributed by atoms with van der Waals surface area (Å²) in [6.07, 6.45) is 2.40. The van der Waals surface area contributed by atoms with Crippen molar-refractivity contribution in [2.75, 3.05) is 25.0 Å². The molecule has 0 unspecified atom stereocenters. The van der Waals surface area contributed by atoms with Crippen molar-refractivity contribution in [3.63, 3.8) is 0 Å². The predicted octanol–water partition coefficient (Wildman–Crippen LogP) is 1.60. The number of anilines is 1. The molecule has 0 bridgehead atoms. The molecule has 4 rings (SSSR count). The van der Waals surface area contributed by atoms with Gasteiger partial charge in [0.2, 0.25) is 5.91 Å². The third-order valence-corrected chi connectivity index (χ3v) is 4.57. The van der Waals surface area contributed by atoms with Gasteiger partial charge in [-0.05, 0) is 23.8 Å². The number of carbonyl (C=O) groups is 1. The molecule has 0 saturated heterocycles. The molecule has 1 aliphatic heterocycles. The van der Waals surface area contributed by atoms with E-state index in [0.29, 0.717) is 32.0 Å². The van der Waals surface area contributed by atoms with E-state index in [1.807, 2.05) is 58.0 Å². The Hall–Kier alpha value is -2.69. The van der Waals surface area contributed by atoms with E-state index in [1.165, 1.54) is 0 Å². The van der Waals surface area contributed by atoms with Crippen LogP contribution in [0.4, 0.5) is 5.69 Å². The van der Waals surface area contributed by atoms with Crippen LogP contribution >= 0.6 is 24.0 Å². The highest BCUT2D eigenvalue weighted by atomic mass is 127. The van der Waals surface area contributed by atoms with Crippen molar-refractivity contribution in [1.82, 2.24) is 25.2 Å². The first-order valence-electron chi connectivity index (χ1n) is 8.87. The summed E-state index contributed by atoms with van der Waals surface area (Å²) >= 11 is 0. The van der Waals surface area contributed by atoms with Gasteiger partial charge in [-0.15, -0.1) is 34.2 Å². The number of nitrogens with one attached hydrogen (secondary N) is 2. The van der Waals surface area contributed by atoms with Crippen LogP contribution < -0.4 is 15.5 Å². The van der Waals surface area contributed by atoms with Gasteiger partial charge in [-0.3, -0.25) is 14.2 Å². The van der Waals surface area contributed by atoms with Crippen molar-refractivity contribution >= 4 is 47.2 Å². The fourth-order valence-electron chi connectivity index (χ4n) is 3.24. The largest absolute Gasteiger partial charge is 0.355 e. The molecule has 2 N–H and O–H groups in total. The van der Waals surface area contributed by atoms with Crippen LogP contribution in [0.15, 0.2) is 53.7 Å². The van der Waals surface area contributed by atoms with Gasteiger partial charge in [-0.2, -0.15) is 0 Å². The lowest BCUT2D eigenvalue weighted by molar-refractivity contribution is -0.117. The summed E-state index contributed by atoms with van der Waals surface area (Å²) in [6.45, 7) is 1.68. The van der Waals surface area contributed by atoms with E-state index in [2.05, 4.69) is 25.8 Å². The Morgan fingerprint density at radius 2 is 1.96 bits per heavy atom. The average Bonchev–Trinajstić information content (AvgIpc) is 3.25. The summed E-state index contributed by atoms with van der Waals surface area (Å²) in [7, 11) is 1.72. The second-order valence-corrected chi connectivity index (χ2v) is 6.25. The summed E-state index contributed by atoms with van der Waals surface area (Å²) in [4.78, 5) is 18.3. The Balaban J connectivity index is 0.00000225. The lowest BCUT2D eigenvalue weighted by Gasteiger charge is -2.19. The molecule has 2 aromatic heterocycles. The molecule has 0 aliphatic carbocycles. The number of pyridine rings is 1. The minimum atomic E-state index is 0. The molecule has 3 heterocycles. The highest BCUT2D eigenvalue weighted by Crippen LogP contribution is 2.27. The first kappa shape index (κ1) is 20.1. The maximum Gasteiger partial charge on any atom is 0.231 e. The van der Waals surface area contributed by atoms with Crippen molar-refractivity contribution < 1.29 is 4.79 Å². The zero-order valence-corrected chi connectivity index (χ0v) is 17.8. The van der Waals surface area contributed by atoms with Gasteiger partial charge in [0.15, 0.2) is 17.4 Å². The minimum Gasteiger partial charge on any atom is -0.355 e. The fraction of sp³-hybridized carbons (Fsp3) is 0.263. The monoisotopic (exact) mass is 491 g/mol. The van der Waals surface area contributed by atoms with E-state index in [1.54, 1.807) is 7.05 Å². The second kappa shape index (κ2) is 9.00. The number of aromatic nitrogens is 3. The third kappa shape index (κ3) is 4.08. The smallest absolute Gasteiger partial charge is 0.231 e. The maximum atomic E-state index is 12.2. The molecule has 1 amide bonds. The van der Waals surface area contributed by atoms with Crippen molar-refractivity contribution in [1.29, 1.82) is 0 Å². The van der Waals surface area contributed by atoms with Crippen LogP contribution in [0.2, 0.25) is 0 Å². The molecule has 0 atom stereocenters. The summed E-state index contributed by atoms with van der Waals surface area (Å²) in [5, 5.41) is 14.8. The van der Waals surface area contributed by atoms with Crippen molar-refractivity contribution in [2.45, 2.75) is 13.0 Å².